The lowest BCUT2D eigenvalue weighted by Gasteiger charge is -2.13. The normalized spacial score (nSPS) is 12.3. The number of imidazole rings is 1. The molecule has 130 valence electrons. The molecule has 0 aliphatic carbocycles. The van der Waals surface area contributed by atoms with Crippen LogP contribution >= 0.6 is 0 Å². The summed E-state index contributed by atoms with van der Waals surface area (Å²) in [4.78, 5) is 4.87. The molecule has 1 atom stereocenters. The Bertz CT molecular complexity index is 893. The largest absolute Gasteiger partial charge is 0.489 e. The molecule has 0 fully saturated rings. The smallest absolute Gasteiger partial charge is 0.137 e. The third-order valence-corrected chi connectivity index (χ3v) is 4.31. The van der Waals surface area contributed by atoms with Crippen molar-refractivity contribution in [3.63, 3.8) is 0 Å². The maximum absolute atomic E-state index is 5.97. The van der Waals surface area contributed by atoms with Crippen LogP contribution in [-0.4, -0.2) is 22.5 Å². The minimum atomic E-state index is 0.213. The standard InChI is InChI=1S/C21H25N3O/c1-14(2)13-25-18-10-8-17(9-11-18)20-21(15(3)12-22)24-16(4)6-5-7-19(24)23-20/h5-11,15H,1,12-13,22H2,2-4H3. The van der Waals surface area contributed by atoms with Crippen LogP contribution in [0.5, 0.6) is 5.75 Å². The van der Waals surface area contributed by atoms with Crippen LogP contribution in [-0.2, 0) is 0 Å². The number of hydrogen-bond donors (Lipinski definition) is 1. The molecule has 2 N–H and O–H groups in total. The van der Waals surface area contributed by atoms with Gasteiger partial charge >= 0.3 is 0 Å². The number of ether oxygens (including phenoxy) is 1. The molecule has 0 aliphatic rings. The molecule has 1 unspecified atom stereocenters. The van der Waals surface area contributed by atoms with Crippen LogP contribution in [0.1, 0.15) is 31.2 Å². The Kier molecular flexibility index (Phi) is 4.91. The Morgan fingerprint density at radius 2 is 1.96 bits per heavy atom. The fourth-order valence-electron chi connectivity index (χ4n) is 2.97. The third kappa shape index (κ3) is 3.44. The van der Waals surface area contributed by atoms with Crippen molar-refractivity contribution in [1.82, 2.24) is 9.38 Å². The topological polar surface area (TPSA) is 52.5 Å². The predicted molar refractivity (Wildman–Crippen MR) is 103 cm³/mol. The van der Waals surface area contributed by atoms with Crippen LogP contribution in [0, 0.1) is 6.92 Å². The second-order valence-corrected chi connectivity index (χ2v) is 6.61. The predicted octanol–water partition coefficient (Wildman–Crippen LogP) is 4.33. The maximum Gasteiger partial charge on any atom is 0.137 e. The summed E-state index contributed by atoms with van der Waals surface area (Å²) in [6.45, 7) is 11.2. The van der Waals surface area contributed by atoms with E-state index in [4.69, 9.17) is 15.5 Å². The number of nitrogens with zero attached hydrogens (tertiary/aromatic N) is 2. The molecule has 3 aromatic rings. The van der Waals surface area contributed by atoms with Crippen molar-refractivity contribution in [2.45, 2.75) is 26.7 Å². The van der Waals surface area contributed by atoms with Crippen molar-refractivity contribution in [1.29, 1.82) is 0 Å². The second kappa shape index (κ2) is 7.11. The summed E-state index contributed by atoms with van der Waals surface area (Å²) in [5.74, 6) is 1.05. The zero-order valence-electron chi connectivity index (χ0n) is 15.1. The van der Waals surface area contributed by atoms with E-state index < -0.39 is 0 Å². The van der Waals surface area contributed by atoms with E-state index in [0.29, 0.717) is 13.2 Å². The highest BCUT2D eigenvalue weighted by Gasteiger charge is 2.19. The molecular formula is C21H25N3O. The lowest BCUT2D eigenvalue weighted by Crippen LogP contribution is -2.12. The first-order valence-electron chi connectivity index (χ1n) is 8.57. The third-order valence-electron chi connectivity index (χ3n) is 4.31. The van der Waals surface area contributed by atoms with E-state index in [2.05, 4.69) is 43.0 Å². The number of aryl methyl sites for hydroxylation is 1. The van der Waals surface area contributed by atoms with Crippen LogP contribution in [0.3, 0.4) is 0 Å². The molecule has 2 heterocycles. The first-order chi connectivity index (χ1) is 12.0. The summed E-state index contributed by atoms with van der Waals surface area (Å²) in [5, 5.41) is 0. The summed E-state index contributed by atoms with van der Waals surface area (Å²) in [6.07, 6.45) is 0. The number of fused-ring (bicyclic) bond motifs is 1. The van der Waals surface area contributed by atoms with Gasteiger partial charge in [0.1, 0.15) is 18.0 Å². The van der Waals surface area contributed by atoms with Crippen LogP contribution in [0.2, 0.25) is 0 Å². The van der Waals surface area contributed by atoms with Crippen molar-refractivity contribution in [2.24, 2.45) is 5.73 Å². The van der Waals surface area contributed by atoms with E-state index >= 15 is 0 Å². The van der Waals surface area contributed by atoms with E-state index in [1.807, 2.05) is 31.2 Å². The number of benzene rings is 1. The van der Waals surface area contributed by atoms with E-state index in [1.165, 1.54) is 0 Å². The Balaban J connectivity index is 2.06. The molecule has 25 heavy (non-hydrogen) atoms. The molecule has 4 heteroatoms. The fourth-order valence-corrected chi connectivity index (χ4v) is 2.97. The van der Waals surface area contributed by atoms with Crippen LogP contribution in [0.15, 0.2) is 54.6 Å². The fraction of sp³-hybridized carbons (Fsp3) is 0.286. The molecule has 4 nitrogen and oxygen atoms in total. The minimum Gasteiger partial charge on any atom is -0.489 e. The SMILES string of the molecule is C=C(C)COc1ccc(-c2nc3cccc(C)n3c2C(C)CN)cc1. The van der Waals surface area contributed by atoms with Gasteiger partial charge in [-0.2, -0.15) is 0 Å². The zero-order valence-corrected chi connectivity index (χ0v) is 15.1. The molecule has 0 amide bonds. The lowest BCUT2D eigenvalue weighted by atomic mass is 10.0. The molecule has 3 rings (SSSR count). The van der Waals surface area contributed by atoms with Gasteiger partial charge in [0.2, 0.25) is 0 Å². The van der Waals surface area contributed by atoms with Crippen molar-refractivity contribution >= 4 is 5.65 Å². The van der Waals surface area contributed by atoms with Gasteiger partial charge in [-0.15, -0.1) is 0 Å². The van der Waals surface area contributed by atoms with Gasteiger partial charge in [-0.1, -0.05) is 19.6 Å². The van der Waals surface area contributed by atoms with Gasteiger partial charge in [0.05, 0.1) is 11.4 Å². The molecule has 0 aliphatic heterocycles. The van der Waals surface area contributed by atoms with Gasteiger partial charge in [-0.25, -0.2) is 4.98 Å². The van der Waals surface area contributed by atoms with Gasteiger partial charge < -0.3 is 14.9 Å². The molecule has 0 saturated heterocycles. The van der Waals surface area contributed by atoms with Gasteiger partial charge in [-0.3, -0.25) is 0 Å². The van der Waals surface area contributed by atoms with E-state index in [0.717, 1.165) is 39.6 Å². The monoisotopic (exact) mass is 335 g/mol. The highest BCUT2D eigenvalue weighted by molar-refractivity contribution is 5.68. The van der Waals surface area contributed by atoms with Gasteiger partial charge in [0.15, 0.2) is 0 Å². The molecule has 0 saturated carbocycles. The average molecular weight is 335 g/mol. The molecule has 0 radical (unpaired) electrons. The Morgan fingerprint density at radius 3 is 2.60 bits per heavy atom. The van der Waals surface area contributed by atoms with Gasteiger partial charge in [-0.05, 0) is 55.8 Å². The van der Waals surface area contributed by atoms with Crippen LogP contribution in [0.4, 0.5) is 0 Å². The zero-order chi connectivity index (χ0) is 18.0. The Morgan fingerprint density at radius 1 is 1.24 bits per heavy atom. The first-order valence-corrected chi connectivity index (χ1v) is 8.57. The summed E-state index contributed by atoms with van der Waals surface area (Å²) < 4.78 is 7.90. The number of pyridine rings is 1. The Hall–Kier alpha value is -2.59. The molecule has 2 aromatic heterocycles. The summed E-state index contributed by atoms with van der Waals surface area (Å²) in [7, 11) is 0. The van der Waals surface area contributed by atoms with Crippen LogP contribution < -0.4 is 10.5 Å². The van der Waals surface area contributed by atoms with Gasteiger partial charge in [0.25, 0.3) is 0 Å². The van der Waals surface area contributed by atoms with E-state index in [1.54, 1.807) is 0 Å². The average Bonchev–Trinajstić information content (AvgIpc) is 3.00. The number of rotatable bonds is 6. The number of hydrogen-bond acceptors (Lipinski definition) is 3. The van der Waals surface area contributed by atoms with Crippen molar-refractivity contribution < 1.29 is 4.74 Å². The van der Waals surface area contributed by atoms with Crippen molar-refractivity contribution in [3.05, 3.63) is 66.0 Å². The molecule has 1 aromatic carbocycles. The van der Waals surface area contributed by atoms with E-state index in [9.17, 15) is 0 Å². The highest BCUT2D eigenvalue weighted by Crippen LogP contribution is 2.31. The number of aromatic nitrogens is 2. The van der Waals surface area contributed by atoms with E-state index in [-0.39, 0.29) is 5.92 Å². The molecule has 0 spiro atoms. The quantitative estimate of drug-likeness (QED) is 0.682. The maximum atomic E-state index is 5.97. The lowest BCUT2D eigenvalue weighted by molar-refractivity contribution is 0.353. The minimum absolute atomic E-state index is 0.213. The summed E-state index contributed by atoms with van der Waals surface area (Å²) in [5.41, 5.74) is 12.3. The van der Waals surface area contributed by atoms with Crippen LogP contribution in [0.25, 0.3) is 16.9 Å². The first kappa shape index (κ1) is 17.2. The second-order valence-electron chi connectivity index (χ2n) is 6.61. The van der Waals surface area contributed by atoms with Gasteiger partial charge in [0, 0.05) is 23.7 Å². The summed E-state index contributed by atoms with van der Waals surface area (Å²) in [6, 6.07) is 14.2. The molecular weight excluding hydrogens is 310 g/mol. The Labute approximate surface area is 149 Å². The summed E-state index contributed by atoms with van der Waals surface area (Å²) >= 11 is 0. The highest BCUT2D eigenvalue weighted by atomic mass is 16.5. The number of nitrogens with two attached hydrogens (primary N) is 1. The van der Waals surface area contributed by atoms with Crippen molar-refractivity contribution in [2.75, 3.05) is 13.2 Å². The van der Waals surface area contributed by atoms with Crippen molar-refractivity contribution in [3.8, 4) is 17.0 Å². The molecule has 0 bridgehead atoms.